The lowest BCUT2D eigenvalue weighted by molar-refractivity contribution is -0.688. The highest BCUT2D eigenvalue weighted by atomic mass is 79.9. The Kier molecular flexibility index (Phi) is 7.36. The van der Waals surface area contributed by atoms with Gasteiger partial charge >= 0.3 is 6.09 Å². The zero-order chi connectivity index (χ0) is 17.5. The number of amides is 1. The second-order valence-corrected chi connectivity index (χ2v) is 5.91. The molecule has 0 aliphatic carbocycles. The summed E-state index contributed by atoms with van der Waals surface area (Å²) in [6.07, 6.45) is 3.42. The topological polar surface area (TPSA) is 33.4 Å². The van der Waals surface area contributed by atoms with Gasteiger partial charge < -0.3 is 26.6 Å². The second-order valence-electron chi connectivity index (χ2n) is 5.91. The Labute approximate surface area is 164 Å². The molecule has 3 aromatic rings. The summed E-state index contributed by atoms with van der Waals surface area (Å²) in [6, 6.07) is 23.7. The van der Waals surface area contributed by atoms with Gasteiger partial charge in [0.25, 0.3) is 0 Å². The van der Waals surface area contributed by atoms with Gasteiger partial charge in [-0.3, -0.25) is 0 Å². The van der Waals surface area contributed by atoms with Crippen LogP contribution in [0.25, 0.3) is 0 Å². The standard InChI is InChI=1S/C21H21N2O2.BrH/c1-22(15-18-9-4-2-5-10-18)21(24)25-20-13-8-14-23(17-20)16-19-11-6-3-7-12-19;/h2-14,17H,15-16H2,1H3;1H/q+1;/p-1. The van der Waals surface area contributed by atoms with Crippen molar-refractivity contribution in [2.75, 3.05) is 7.05 Å². The number of hydrogen-bond acceptors (Lipinski definition) is 2. The number of carbonyl (C=O) groups excluding carboxylic acids is 1. The molecule has 3 rings (SSSR count). The first-order valence-corrected chi connectivity index (χ1v) is 8.20. The highest BCUT2D eigenvalue weighted by Crippen LogP contribution is 2.10. The van der Waals surface area contributed by atoms with Crippen molar-refractivity contribution in [3.63, 3.8) is 0 Å². The normalized spacial score (nSPS) is 9.88. The zero-order valence-corrected chi connectivity index (χ0v) is 16.2. The maximum Gasteiger partial charge on any atom is 0.415 e. The van der Waals surface area contributed by atoms with Crippen molar-refractivity contribution in [1.29, 1.82) is 0 Å². The summed E-state index contributed by atoms with van der Waals surface area (Å²) >= 11 is 0. The van der Waals surface area contributed by atoms with Crippen LogP contribution < -0.4 is 26.3 Å². The minimum atomic E-state index is -0.374. The van der Waals surface area contributed by atoms with Crippen LogP contribution in [-0.2, 0) is 13.1 Å². The molecule has 0 aliphatic rings. The first-order chi connectivity index (χ1) is 12.2. The number of hydrogen-bond donors (Lipinski definition) is 0. The van der Waals surface area contributed by atoms with Crippen molar-refractivity contribution in [1.82, 2.24) is 4.90 Å². The van der Waals surface area contributed by atoms with E-state index < -0.39 is 0 Å². The van der Waals surface area contributed by atoms with Crippen LogP contribution in [0.3, 0.4) is 0 Å². The predicted molar refractivity (Wildman–Crippen MR) is 96.1 cm³/mol. The third kappa shape index (κ3) is 5.70. The van der Waals surface area contributed by atoms with Crippen LogP contribution >= 0.6 is 0 Å². The molecule has 0 saturated heterocycles. The van der Waals surface area contributed by atoms with Crippen LogP contribution in [0.15, 0.2) is 85.2 Å². The molecule has 0 radical (unpaired) electrons. The van der Waals surface area contributed by atoms with E-state index in [0.29, 0.717) is 12.3 Å². The molecule has 1 amide bonds. The highest BCUT2D eigenvalue weighted by molar-refractivity contribution is 5.70. The molecule has 26 heavy (non-hydrogen) atoms. The third-order valence-electron chi connectivity index (χ3n) is 3.82. The molecule has 4 nitrogen and oxygen atoms in total. The van der Waals surface area contributed by atoms with E-state index in [2.05, 4.69) is 12.1 Å². The number of aromatic nitrogens is 1. The summed E-state index contributed by atoms with van der Waals surface area (Å²) in [7, 11) is 1.73. The van der Waals surface area contributed by atoms with Gasteiger partial charge in [-0.15, -0.1) is 0 Å². The molecule has 0 unspecified atom stereocenters. The minimum Gasteiger partial charge on any atom is -1.00 e. The fourth-order valence-electron chi connectivity index (χ4n) is 2.55. The Balaban J connectivity index is 0.00000243. The van der Waals surface area contributed by atoms with Gasteiger partial charge in [0.2, 0.25) is 6.20 Å². The molecule has 0 spiro atoms. The van der Waals surface area contributed by atoms with Crippen LogP contribution in [-0.4, -0.2) is 18.0 Å². The summed E-state index contributed by atoms with van der Waals surface area (Å²) in [4.78, 5) is 13.8. The third-order valence-corrected chi connectivity index (χ3v) is 3.82. The van der Waals surface area contributed by atoms with Crippen LogP contribution in [0.4, 0.5) is 4.79 Å². The molecule has 134 valence electrons. The zero-order valence-electron chi connectivity index (χ0n) is 14.6. The van der Waals surface area contributed by atoms with E-state index >= 15 is 0 Å². The Morgan fingerprint density at radius 2 is 1.54 bits per heavy atom. The van der Waals surface area contributed by atoms with Crippen molar-refractivity contribution in [3.05, 3.63) is 96.3 Å². The second kappa shape index (κ2) is 9.73. The summed E-state index contributed by atoms with van der Waals surface area (Å²) < 4.78 is 7.49. The van der Waals surface area contributed by atoms with Gasteiger partial charge in [-0.1, -0.05) is 60.7 Å². The highest BCUT2D eigenvalue weighted by Gasteiger charge is 2.14. The molecule has 1 heterocycles. The molecular formula is C21H21BrN2O2. The smallest absolute Gasteiger partial charge is 0.415 e. The van der Waals surface area contributed by atoms with Gasteiger partial charge in [-0.05, 0) is 11.6 Å². The molecule has 0 fully saturated rings. The van der Waals surface area contributed by atoms with Gasteiger partial charge in [0.05, 0.1) is 0 Å². The van der Waals surface area contributed by atoms with E-state index in [0.717, 1.165) is 12.1 Å². The van der Waals surface area contributed by atoms with Gasteiger partial charge in [0.1, 0.15) is 0 Å². The van der Waals surface area contributed by atoms with Crippen molar-refractivity contribution in [3.8, 4) is 5.75 Å². The Morgan fingerprint density at radius 1 is 0.923 bits per heavy atom. The molecule has 1 aromatic heterocycles. The quantitative estimate of drug-likeness (QED) is 0.576. The fourth-order valence-corrected chi connectivity index (χ4v) is 2.55. The van der Waals surface area contributed by atoms with Crippen LogP contribution in [0.5, 0.6) is 5.75 Å². The van der Waals surface area contributed by atoms with E-state index in [9.17, 15) is 4.79 Å². The molecule has 5 heteroatoms. The first-order valence-electron chi connectivity index (χ1n) is 8.20. The SMILES string of the molecule is CN(Cc1ccccc1)C(=O)Oc1ccc[n+](Cc2ccccc2)c1.[Br-]. The number of pyridine rings is 1. The number of benzene rings is 2. The lowest BCUT2D eigenvalue weighted by Crippen LogP contribution is -3.00. The largest absolute Gasteiger partial charge is 1.00 e. The lowest BCUT2D eigenvalue weighted by Gasteiger charge is -2.16. The van der Waals surface area contributed by atoms with Crippen molar-refractivity contribution < 1.29 is 31.1 Å². The molecule has 0 bridgehead atoms. The molecular weight excluding hydrogens is 392 g/mol. The summed E-state index contributed by atoms with van der Waals surface area (Å²) in [5.74, 6) is 0.531. The monoisotopic (exact) mass is 412 g/mol. The fraction of sp³-hybridized carbons (Fsp3) is 0.143. The molecule has 0 atom stereocenters. The van der Waals surface area contributed by atoms with Crippen molar-refractivity contribution >= 4 is 6.09 Å². The number of carbonyl (C=O) groups is 1. The number of halogens is 1. The van der Waals surface area contributed by atoms with Gasteiger partial charge in [0, 0.05) is 25.2 Å². The Bertz CT molecular complexity index is 826. The van der Waals surface area contributed by atoms with E-state index in [4.69, 9.17) is 4.74 Å². The van der Waals surface area contributed by atoms with Gasteiger partial charge in [-0.25, -0.2) is 4.79 Å². The lowest BCUT2D eigenvalue weighted by atomic mass is 10.2. The van der Waals surface area contributed by atoms with Crippen LogP contribution in [0.2, 0.25) is 0 Å². The summed E-state index contributed by atoms with van der Waals surface area (Å²) in [6.45, 7) is 1.24. The van der Waals surface area contributed by atoms with E-state index in [1.807, 2.05) is 71.6 Å². The summed E-state index contributed by atoms with van der Waals surface area (Å²) in [5.41, 5.74) is 2.26. The van der Waals surface area contributed by atoms with E-state index in [-0.39, 0.29) is 23.1 Å². The number of nitrogens with zero attached hydrogens (tertiary/aromatic N) is 2. The van der Waals surface area contributed by atoms with Gasteiger partial charge in [-0.2, -0.15) is 4.57 Å². The predicted octanol–water partition coefficient (Wildman–Crippen LogP) is 0.657. The number of rotatable bonds is 5. The van der Waals surface area contributed by atoms with E-state index in [1.165, 1.54) is 5.56 Å². The Morgan fingerprint density at radius 3 is 2.19 bits per heavy atom. The van der Waals surface area contributed by atoms with Crippen molar-refractivity contribution in [2.24, 2.45) is 0 Å². The molecule has 0 aliphatic heterocycles. The molecule has 0 saturated carbocycles. The molecule has 0 N–H and O–H groups in total. The average Bonchev–Trinajstić information content (AvgIpc) is 2.63. The minimum absolute atomic E-state index is 0. The van der Waals surface area contributed by atoms with Gasteiger partial charge in [0.15, 0.2) is 18.5 Å². The maximum atomic E-state index is 12.3. The van der Waals surface area contributed by atoms with Crippen LogP contribution in [0, 0.1) is 0 Å². The average molecular weight is 413 g/mol. The number of ether oxygens (including phenoxy) is 1. The first kappa shape index (κ1) is 19.7. The Hall–Kier alpha value is -2.66. The van der Waals surface area contributed by atoms with Crippen molar-refractivity contribution in [2.45, 2.75) is 13.1 Å². The van der Waals surface area contributed by atoms with Crippen LogP contribution in [0.1, 0.15) is 11.1 Å². The maximum absolute atomic E-state index is 12.3. The molecule has 2 aromatic carbocycles. The summed E-state index contributed by atoms with van der Waals surface area (Å²) in [5, 5.41) is 0. The van der Waals surface area contributed by atoms with E-state index in [1.54, 1.807) is 18.0 Å².